The number of rotatable bonds is 6. The maximum atomic E-state index is 11.3. The molecule has 0 atom stereocenters. The number of thioether (sulfide) groups is 1. The van der Waals surface area contributed by atoms with Crippen LogP contribution in [0.3, 0.4) is 0 Å². The number of hydrogen-bond donors (Lipinski definition) is 2. The third kappa shape index (κ3) is 5.54. The van der Waals surface area contributed by atoms with Gasteiger partial charge in [0, 0.05) is 12.6 Å². The van der Waals surface area contributed by atoms with Gasteiger partial charge in [0.2, 0.25) is 5.91 Å². The van der Waals surface area contributed by atoms with E-state index in [2.05, 4.69) is 5.32 Å². The molecule has 18 heavy (non-hydrogen) atoms. The Morgan fingerprint density at radius 3 is 2.89 bits per heavy atom. The van der Waals surface area contributed by atoms with E-state index >= 15 is 0 Å². The summed E-state index contributed by atoms with van der Waals surface area (Å²) in [5.41, 5.74) is 1.74. The summed E-state index contributed by atoms with van der Waals surface area (Å²) in [6, 6.07) is 7.38. The van der Waals surface area contributed by atoms with Crippen molar-refractivity contribution in [1.82, 2.24) is 5.32 Å². The highest BCUT2D eigenvalue weighted by Crippen LogP contribution is 2.07. The molecule has 1 amide bonds. The van der Waals surface area contributed by atoms with E-state index in [1.54, 1.807) is 0 Å². The fraction of sp³-hybridized carbons (Fsp3) is 0.231. The molecular formula is C13H15NO3S. The molecule has 0 aromatic heterocycles. The first-order valence-electron chi connectivity index (χ1n) is 5.37. The van der Waals surface area contributed by atoms with Gasteiger partial charge in [-0.3, -0.25) is 4.79 Å². The lowest BCUT2D eigenvalue weighted by molar-refractivity contribution is -0.131. The van der Waals surface area contributed by atoms with Crippen molar-refractivity contribution in [1.29, 1.82) is 0 Å². The lowest BCUT2D eigenvalue weighted by atomic mass is 10.1. The fourth-order valence-corrected chi connectivity index (χ4v) is 1.72. The molecule has 96 valence electrons. The normalized spacial score (nSPS) is 10.5. The highest BCUT2D eigenvalue weighted by atomic mass is 32.2. The van der Waals surface area contributed by atoms with Gasteiger partial charge in [-0.1, -0.05) is 18.2 Å². The molecule has 0 saturated heterocycles. The van der Waals surface area contributed by atoms with Crippen LogP contribution in [0.4, 0.5) is 0 Å². The van der Waals surface area contributed by atoms with Crippen molar-refractivity contribution in [2.45, 2.75) is 6.54 Å². The van der Waals surface area contributed by atoms with E-state index < -0.39 is 5.97 Å². The van der Waals surface area contributed by atoms with E-state index in [0.29, 0.717) is 12.3 Å². The van der Waals surface area contributed by atoms with E-state index in [4.69, 9.17) is 5.11 Å². The Kier molecular flexibility index (Phi) is 6.00. The first kappa shape index (κ1) is 14.3. The molecule has 0 aliphatic heterocycles. The molecule has 0 aliphatic rings. The van der Waals surface area contributed by atoms with Gasteiger partial charge < -0.3 is 10.4 Å². The highest BCUT2D eigenvalue weighted by molar-refractivity contribution is 7.99. The summed E-state index contributed by atoms with van der Waals surface area (Å²) >= 11 is 1.47. The fourth-order valence-electron chi connectivity index (χ4n) is 1.36. The molecule has 0 aliphatic carbocycles. The number of carboxylic acids is 1. The number of carbonyl (C=O) groups excluding carboxylic acids is 1. The number of hydrogen-bond acceptors (Lipinski definition) is 3. The van der Waals surface area contributed by atoms with Crippen LogP contribution in [0, 0.1) is 0 Å². The molecule has 0 saturated carbocycles. The van der Waals surface area contributed by atoms with Crippen molar-refractivity contribution in [3.05, 3.63) is 41.5 Å². The van der Waals surface area contributed by atoms with Crippen LogP contribution in [0.25, 0.3) is 6.08 Å². The Morgan fingerprint density at radius 2 is 2.22 bits per heavy atom. The number of carboxylic acid groups (broad SMARTS) is 1. The number of amides is 1. The number of aliphatic carboxylic acids is 1. The van der Waals surface area contributed by atoms with E-state index in [1.807, 2.05) is 30.5 Å². The molecule has 1 aromatic carbocycles. The minimum atomic E-state index is -0.978. The number of carbonyl (C=O) groups is 2. The van der Waals surface area contributed by atoms with Crippen molar-refractivity contribution < 1.29 is 14.7 Å². The number of benzene rings is 1. The van der Waals surface area contributed by atoms with Gasteiger partial charge in [-0.2, -0.15) is 11.8 Å². The molecule has 0 fully saturated rings. The van der Waals surface area contributed by atoms with Gasteiger partial charge in [0.1, 0.15) is 0 Å². The zero-order valence-corrected chi connectivity index (χ0v) is 10.9. The Labute approximate surface area is 110 Å². The third-order valence-corrected chi connectivity index (χ3v) is 2.69. The quantitative estimate of drug-likeness (QED) is 0.769. The molecule has 0 unspecified atom stereocenters. The summed E-state index contributed by atoms with van der Waals surface area (Å²) in [5, 5.41) is 11.3. The van der Waals surface area contributed by atoms with Crippen LogP contribution in [0.1, 0.15) is 11.1 Å². The molecule has 2 N–H and O–H groups in total. The van der Waals surface area contributed by atoms with E-state index in [0.717, 1.165) is 17.2 Å². The second-order valence-electron chi connectivity index (χ2n) is 3.63. The summed E-state index contributed by atoms with van der Waals surface area (Å²) in [7, 11) is 0. The van der Waals surface area contributed by atoms with E-state index in [9.17, 15) is 9.59 Å². The SMILES string of the molecule is CSCC(=O)NCc1cccc(/C=C/C(=O)O)c1. The van der Waals surface area contributed by atoms with Crippen LogP contribution in [0.5, 0.6) is 0 Å². The van der Waals surface area contributed by atoms with Gasteiger partial charge in [-0.15, -0.1) is 0 Å². The molecule has 0 spiro atoms. The molecule has 1 rings (SSSR count). The van der Waals surface area contributed by atoms with Gasteiger partial charge >= 0.3 is 5.97 Å². The molecule has 1 aromatic rings. The topological polar surface area (TPSA) is 66.4 Å². The molecular weight excluding hydrogens is 250 g/mol. The van der Waals surface area contributed by atoms with E-state index in [1.165, 1.54) is 17.8 Å². The second-order valence-corrected chi connectivity index (χ2v) is 4.49. The molecule has 5 heteroatoms. The van der Waals surface area contributed by atoms with Crippen LogP contribution < -0.4 is 5.32 Å². The average Bonchev–Trinajstić information content (AvgIpc) is 2.35. The Bertz CT molecular complexity index is 457. The minimum absolute atomic E-state index is 0.00557. The van der Waals surface area contributed by atoms with E-state index in [-0.39, 0.29) is 5.91 Å². The maximum absolute atomic E-state index is 11.3. The second kappa shape index (κ2) is 7.55. The Balaban J connectivity index is 2.59. The Hall–Kier alpha value is -1.75. The van der Waals surface area contributed by atoms with Crippen LogP contribution in [-0.4, -0.2) is 29.0 Å². The maximum Gasteiger partial charge on any atom is 0.328 e. The third-order valence-electron chi connectivity index (χ3n) is 2.13. The minimum Gasteiger partial charge on any atom is -0.478 e. The van der Waals surface area contributed by atoms with Gasteiger partial charge in [-0.25, -0.2) is 4.79 Å². The van der Waals surface area contributed by atoms with Crippen molar-refractivity contribution in [3.8, 4) is 0 Å². The summed E-state index contributed by atoms with van der Waals surface area (Å²) in [5.74, 6) is -0.541. The van der Waals surface area contributed by atoms with Gasteiger partial charge in [0.15, 0.2) is 0 Å². The zero-order chi connectivity index (χ0) is 13.4. The molecule has 4 nitrogen and oxygen atoms in total. The predicted octanol–water partition coefficient (Wildman–Crippen LogP) is 1.76. The van der Waals surface area contributed by atoms with Crippen molar-refractivity contribution in [2.24, 2.45) is 0 Å². The first-order valence-corrected chi connectivity index (χ1v) is 6.77. The summed E-state index contributed by atoms with van der Waals surface area (Å²) in [6.07, 6.45) is 4.48. The van der Waals surface area contributed by atoms with Crippen molar-refractivity contribution in [2.75, 3.05) is 12.0 Å². The summed E-state index contributed by atoms with van der Waals surface area (Å²) in [6.45, 7) is 0.453. The van der Waals surface area contributed by atoms with Gasteiger partial charge in [0.25, 0.3) is 0 Å². The van der Waals surface area contributed by atoms with Gasteiger partial charge in [-0.05, 0) is 29.5 Å². The number of nitrogens with one attached hydrogen (secondary N) is 1. The summed E-state index contributed by atoms with van der Waals surface area (Å²) in [4.78, 5) is 21.7. The largest absolute Gasteiger partial charge is 0.478 e. The van der Waals surface area contributed by atoms with Crippen LogP contribution in [0.2, 0.25) is 0 Å². The van der Waals surface area contributed by atoms with Gasteiger partial charge in [0.05, 0.1) is 5.75 Å². The first-order chi connectivity index (χ1) is 8.61. The highest BCUT2D eigenvalue weighted by Gasteiger charge is 2.00. The lowest BCUT2D eigenvalue weighted by Crippen LogP contribution is -2.24. The smallest absolute Gasteiger partial charge is 0.328 e. The molecule has 0 heterocycles. The van der Waals surface area contributed by atoms with Crippen molar-refractivity contribution in [3.63, 3.8) is 0 Å². The Morgan fingerprint density at radius 1 is 1.44 bits per heavy atom. The predicted molar refractivity (Wildman–Crippen MR) is 73.3 cm³/mol. The average molecular weight is 265 g/mol. The lowest BCUT2D eigenvalue weighted by Gasteiger charge is -2.05. The van der Waals surface area contributed by atoms with Crippen LogP contribution >= 0.6 is 11.8 Å². The summed E-state index contributed by atoms with van der Waals surface area (Å²) < 4.78 is 0. The van der Waals surface area contributed by atoms with Crippen molar-refractivity contribution >= 4 is 29.7 Å². The van der Waals surface area contributed by atoms with Crippen LogP contribution in [0.15, 0.2) is 30.3 Å². The zero-order valence-electron chi connectivity index (χ0n) is 10.1. The molecule has 0 radical (unpaired) electrons. The van der Waals surface area contributed by atoms with Crippen LogP contribution in [-0.2, 0) is 16.1 Å². The standard InChI is InChI=1S/C13H15NO3S/c1-18-9-12(15)14-8-11-4-2-3-10(7-11)5-6-13(16)17/h2-7H,8-9H2,1H3,(H,14,15)(H,16,17)/b6-5+. The monoisotopic (exact) mass is 265 g/mol. The molecule has 0 bridgehead atoms.